The minimum absolute atomic E-state index is 0.927. The summed E-state index contributed by atoms with van der Waals surface area (Å²) in [5.74, 6) is 0. The summed E-state index contributed by atoms with van der Waals surface area (Å²) in [4.78, 5) is 6.82. The lowest BCUT2D eigenvalue weighted by molar-refractivity contribution is 0.554. The minimum atomic E-state index is 0.927. The van der Waals surface area contributed by atoms with Crippen LogP contribution in [0, 0.1) is 0 Å². The first-order chi connectivity index (χ1) is 8.92. The van der Waals surface area contributed by atoms with Crippen molar-refractivity contribution in [2.45, 2.75) is 45.6 Å². The molecule has 1 aromatic rings. The fourth-order valence-electron chi connectivity index (χ4n) is 2.61. The largest absolute Gasteiger partial charge is 0.371 e. The van der Waals surface area contributed by atoms with Gasteiger partial charge < -0.3 is 10.2 Å². The molecule has 1 N–H and O–H groups in total. The molecule has 0 amide bonds. The van der Waals surface area contributed by atoms with Gasteiger partial charge in [-0.15, -0.1) is 0 Å². The van der Waals surface area contributed by atoms with Gasteiger partial charge in [0.1, 0.15) is 0 Å². The van der Waals surface area contributed by atoms with Crippen molar-refractivity contribution in [2.24, 2.45) is 0 Å². The van der Waals surface area contributed by atoms with E-state index in [1.54, 1.807) is 0 Å². The van der Waals surface area contributed by atoms with Gasteiger partial charge in [-0.2, -0.15) is 0 Å². The van der Waals surface area contributed by atoms with Gasteiger partial charge in [-0.3, -0.25) is 4.98 Å². The lowest BCUT2D eigenvalue weighted by Crippen LogP contribution is -2.28. The van der Waals surface area contributed by atoms with Crippen LogP contribution in [0.15, 0.2) is 18.5 Å². The van der Waals surface area contributed by atoms with E-state index in [4.69, 9.17) is 0 Å². The Balaban J connectivity index is 2.08. The molecule has 18 heavy (non-hydrogen) atoms. The Kier molecular flexibility index (Phi) is 5.46. The van der Waals surface area contributed by atoms with Gasteiger partial charge in [0.25, 0.3) is 0 Å². The molecule has 1 saturated heterocycles. The van der Waals surface area contributed by atoms with Crippen molar-refractivity contribution in [3.8, 4) is 0 Å². The van der Waals surface area contributed by atoms with Crippen LogP contribution in [-0.4, -0.2) is 24.6 Å². The van der Waals surface area contributed by atoms with Gasteiger partial charge in [0.05, 0.1) is 0 Å². The number of hydrogen-bond acceptors (Lipinski definition) is 3. The average molecular weight is 247 g/mol. The molecule has 1 fully saturated rings. The molecule has 0 aliphatic carbocycles. The van der Waals surface area contributed by atoms with Crippen molar-refractivity contribution in [2.75, 3.05) is 24.5 Å². The van der Waals surface area contributed by atoms with Gasteiger partial charge in [0, 0.05) is 43.3 Å². The normalized spacial score (nSPS) is 17.3. The first-order valence-electron chi connectivity index (χ1n) is 7.30. The molecule has 0 aromatic carbocycles. The lowest BCUT2D eigenvalue weighted by atomic mass is 10.1. The smallest absolute Gasteiger partial charge is 0.0442 e. The molecule has 100 valence electrons. The lowest BCUT2D eigenvalue weighted by Gasteiger charge is -2.28. The number of nitrogens with one attached hydrogen (secondary N) is 1. The number of pyridine rings is 1. The predicted octanol–water partition coefficient (Wildman–Crippen LogP) is 2.96. The quantitative estimate of drug-likeness (QED) is 0.886. The van der Waals surface area contributed by atoms with E-state index in [0.717, 1.165) is 13.1 Å². The molecule has 1 aliphatic heterocycles. The Morgan fingerprint density at radius 3 is 2.61 bits per heavy atom. The molecular weight excluding hydrogens is 222 g/mol. The predicted molar refractivity (Wildman–Crippen MR) is 76.9 cm³/mol. The summed E-state index contributed by atoms with van der Waals surface area (Å²) < 4.78 is 0. The third kappa shape index (κ3) is 3.70. The molecule has 1 aromatic heterocycles. The van der Waals surface area contributed by atoms with Crippen LogP contribution >= 0.6 is 0 Å². The molecule has 0 radical (unpaired) electrons. The van der Waals surface area contributed by atoms with E-state index in [0.29, 0.717) is 0 Å². The molecule has 0 bridgehead atoms. The molecule has 3 heteroatoms. The van der Waals surface area contributed by atoms with Crippen molar-refractivity contribution in [1.29, 1.82) is 0 Å². The highest BCUT2D eigenvalue weighted by Crippen LogP contribution is 2.22. The minimum Gasteiger partial charge on any atom is -0.371 e. The fraction of sp³-hybridized carbons (Fsp3) is 0.667. The van der Waals surface area contributed by atoms with Crippen LogP contribution in [0.2, 0.25) is 0 Å². The maximum atomic E-state index is 4.27. The van der Waals surface area contributed by atoms with E-state index in [2.05, 4.69) is 28.2 Å². The maximum absolute atomic E-state index is 4.27. The van der Waals surface area contributed by atoms with Crippen LogP contribution in [0.5, 0.6) is 0 Å². The van der Waals surface area contributed by atoms with E-state index >= 15 is 0 Å². The highest BCUT2D eigenvalue weighted by Gasteiger charge is 2.12. The molecule has 0 unspecified atom stereocenters. The van der Waals surface area contributed by atoms with Crippen LogP contribution in [0.3, 0.4) is 0 Å². The molecule has 0 saturated carbocycles. The van der Waals surface area contributed by atoms with Gasteiger partial charge in [-0.1, -0.05) is 26.2 Å². The number of aromatic nitrogens is 1. The summed E-state index contributed by atoms with van der Waals surface area (Å²) in [5.41, 5.74) is 2.72. The van der Waals surface area contributed by atoms with Gasteiger partial charge in [-0.25, -0.2) is 0 Å². The molecule has 0 atom stereocenters. The number of nitrogens with zero attached hydrogens (tertiary/aromatic N) is 2. The van der Waals surface area contributed by atoms with Crippen LogP contribution < -0.4 is 10.2 Å². The summed E-state index contributed by atoms with van der Waals surface area (Å²) in [6.45, 7) is 6.48. The average Bonchev–Trinajstić information content (AvgIpc) is 2.37. The first kappa shape index (κ1) is 13.3. The second-order valence-corrected chi connectivity index (χ2v) is 5.04. The third-order valence-corrected chi connectivity index (χ3v) is 3.64. The van der Waals surface area contributed by atoms with Gasteiger partial charge in [-0.05, 0) is 25.5 Å². The van der Waals surface area contributed by atoms with E-state index < -0.39 is 0 Å². The number of anilines is 1. The molecule has 1 aliphatic rings. The SMILES string of the molecule is CCNCc1cnccc1N1CCCCCCC1. The van der Waals surface area contributed by atoms with Crippen molar-refractivity contribution < 1.29 is 0 Å². The Hall–Kier alpha value is -1.09. The second kappa shape index (κ2) is 7.37. The Morgan fingerprint density at radius 2 is 1.89 bits per heavy atom. The van der Waals surface area contributed by atoms with Crippen LogP contribution in [0.4, 0.5) is 5.69 Å². The summed E-state index contributed by atoms with van der Waals surface area (Å²) in [7, 11) is 0. The van der Waals surface area contributed by atoms with Crippen molar-refractivity contribution in [3.05, 3.63) is 24.0 Å². The zero-order chi connectivity index (χ0) is 12.6. The van der Waals surface area contributed by atoms with E-state index in [-0.39, 0.29) is 0 Å². The van der Waals surface area contributed by atoms with Gasteiger partial charge in [0.2, 0.25) is 0 Å². The van der Waals surface area contributed by atoms with Crippen LogP contribution in [0.1, 0.15) is 44.6 Å². The summed E-state index contributed by atoms with van der Waals surface area (Å²) in [5, 5.41) is 3.41. The molecule has 3 nitrogen and oxygen atoms in total. The summed E-state index contributed by atoms with van der Waals surface area (Å²) >= 11 is 0. The van der Waals surface area contributed by atoms with E-state index in [1.807, 2.05) is 12.4 Å². The Morgan fingerprint density at radius 1 is 1.17 bits per heavy atom. The molecule has 0 spiro atoms. The zero-order valence-electron chi connectivity index (χ0n) is 11.5. The standard InChI is InChI=1S/C15H25N3/c1-2-16-12-14-13-17-9-8-15(14)18-10-6-4-3-5-7-11-18/h8-9,13,16H,2-7,10-12H2,1H3. The van der Waals surface area contributed by atoms with Crippen molar-refractivity contribution in [1.82, 2.24) is 10.3 Å². The second-order valence-electron chi connectivity index (χ2n) is 5.04. The van der Waals surface area contributed by atoms with E-state index in [9.17, 15) is 0 Å². The Bertz CT molecular complexity index is 343. The maximum Gasteiger partial charge on any atom is 0.0442 e. The van der Waals surface area contributed by atoms with Crippen LogP contribution in [0.25, 0.3) is 0 Å². The highest BCUT2D eigenvalue weighted by atomic mass is 15.1. The zero-order valence-corrected chi connectivity index (χ0v) is 11.5. The first-order valence-corrected chi connectivity index (χ1v) is 7.30. The third-order valence-electron chi connectivity index (χ3n) is 3.64. The monoisotopic (exact) mass is 247 g/mol. The Labute approximate surface area is 111 Å². The fourth-order valence-corrected chi connectivity index (χ4v) is 2.61. The topological polar surface area (TPSA) is 28.2 Å². The number of hydrogen-bond donors (Lipinski definition) is 1. The molecule has 2 rings (SSSR count). The summed E-state index contributed by atoms with van der Waals surface area (Å²) in [6, 6.07) is 2.17. The number of rotatable bonds is 4. The van der Waals surface area contributed by atoms with Crippen molar-refractivity contribution in [3.63, 3.8) is 0 Å². The van der Waals surface area contributed by atoms with Crippen molar-refractivity contribution >= 4 is 5.69 Å². The van der Waals surface area contributed by atoms with Gasteiger partial charge in [0.15, 0.2) is 0 Å². The van der Waals surface area contributed by atoms with Crippen LogP contribution in [-0.2, 0) is 6.54 Å². The van der Waals surface area contributed by atoms with Gasteiger partial charge >= 0.3 is 0 Å². The highest BCUT2D eigenvalue weighted by molar-refractivity contribution is 5.52. The molecule has 2 heterocycles. The van der Waals surface area contributed by atoms with E-state index in [1.165, 1.54) is 56.4 Å². The summed E-state index contributed by atoms with van der Waals surface area (Å²) in [6.07, 6.45) is 10.7. The molecular formula is C15H25N3.